The van der Waals surface area contributed by atoms with Gasteiger partial charge >= 0.3 is 0 Å². The maximum Gasteiger partial charge on any atom is 0.0621 e. The molecule has 0 aliphatic carbocycles. The summed E-state index contributed by atoms with van der Waals surface area (Å²) < 4.78 is 0. The van der Waals surface area contributed by atoms with Crippen molar-refractivity contribution in [2.45, 2.75) is 226 Å². The number of nitrogens with zero attached hydrogens (tertiary/aromatic N) is 1. The van der Waals surface area contributed by atoms with Crippen LogP contribution in [0, 0.1) is 11.3 Å². The smallest absolute Gasteiger partial charge is 0.0621 e. The minimum atomic E-state index is -0.783. The molecule has 0 aliphatic heterocycles. The van der Waals surface area contributed by atoms with Crippen molar-refractivity contribution >= 4 is 7.26 Å². The lowest BCUT2D eigenvalue weighted by molar-refractivity contribution is 0.558. The topological polar surface area (TPSA) is 23.8 Å². The molecule has 0 saturated carbocycles. The first-order valence-electron chi connectivity index (χ1n) is 20.0. The number of hydrogen-bond acceptors (Lipinski definition) is 1. The zero-order valence-electron chi connectivity index (χ0n) is 29.9. The minimum Gasteiger partial charge on any atom is -0.198 e. The molecule has 0 rings (SSSR count). The van der Waals surface area contributed by atoms with Crippen molar-refractivity contribution in [3.8, 4) is 6.07 Å². The molecule has 0 radical (unpaired) electrons. The van der Waals surface area contributed by atoms with Crippen LogP contribution in [-0.4, -0.2) is 24.6 Å². The van der Waals surface area contributed by atoms with E-state index in [2.05, 4.69) is 26.8 Å². The third-order valence-electron chi connectivity index (χ3n) is 9.88. The fourth-order valence-corrected chi connectivity index (χ4v) is 11.9. The largest absolute Gasteiger partial charge is 0.198 e. The Morgan fingerprint density at radius 2 is 0.524 bits per heavy atom. The molecule has 42 heavy (non-hydrogen) atoms. The Hall–Kier alpha value is -0.0800. The zero-order chi connectivity index (χ0) is 30.7. The number of nitriles is 1. The first kappa shape index (κ1) is 41.9. The van der Waals surface area contributed by atoms with E-state index in [-0.39, 0.29) is 0 Å². The van der Waals surface area contributed by atoms with Gasteiger partial charge in [0.25, 0.3) is 0 Å². The standard InChI is InChI=1S/C40H81NP/c1-4-7-10-13-22-27-32-37-42(38-33-28-23-14-11-8-5-2,39-34-29-24-15-12-9-6-3)40-35-30-25-20-18-16-17-19-21-26-31-36-41/h4-35,37-40H2,1-3H3/q+1. The van der Waals surface area contributed by atoms with Gasteiger partial charge in [0.1, 0.15) is 0 Å². The first-order valence-corrected chi connectivity index (χ1v) is 22.5. The Morgan fingerprint density at radius 1 is 0.310 bits per heavy atom. The van der Waals surface area contributed by atoms with E-state index >= 15 is 0 Å². The molecular formula is C40H81NP+. The summed E-state index contributed by atoms with van der Waals surface area (Å²) in [6.07, 6.45) is 52.1. The number of unbranched alkanes of at least 4 members (excludes halogenated alkanes) is 28. The van der Waals surface area contributed by atoms with E-state index in [0.717, 1.165) is 12.8 Å². The van der Waals surface area contributed by atoms with Crippen LogP contribution in [0.1, 0.15) is 226 Å². The molecule has 250 valence electrons. The third kappa shape index (κ3) is 30.0. The highest BCUT2D eigenvalue weighted by molar-refractivity contribution is 7.75. The van der Waals surface area contributed by atoms with Crippen molar-refractivity contribution in [2.75, 3.05) is 24.6 Å². The van der Waals surface area contributed by atoms with Gasteiger partial charge in [-0.3, -0.25) is 0 Å². The summed E-state index contributed by atoms with van der Waals surface area (Å²) in [7, 11) is -0.783. The Labute approximate surface area is 268 Å². The second kappa shape index (κ2) is 35.4. The molecule has 0 N–H and O–H groups in total. The van der Waals surface area contributed by atoms with Gasteiger partial charge in [0.15, 0.2) is 0 Å². The van der Waals surface area contributed by atoms with Crippen LogP contribution in [0.5, 0.6) is 0 Å². The molecule has 0 fully saturated rings. The van der Waals surface area contributed by atoms with Gasteiger partial charge in [-0.25, -0.2) is 0 Å². The molecule has 2 heteroatoms. The average molecular weight is 607 g/mol. The highest BCUT2D eigenvalue weighted by atomic mass is 31.2. The third-order valence-corrected chi connectivity index (χ3v) is 14.9. The SMILES string of the molecule is CCCCCCCCC[P+](CCCCCCCCC)(CCCCCCCCC)CCCCCCCCCCCCC#N. The average Bonchev–Trinajstić information content (AvgIpc) is 3.00. The van der Waals surface area contributed by atoms with Gasteiger partial charge in [-0.2, -0.15) is 5.26 Å². The van der Waals surface area contributed by atoms with E-state index < -0.39 is 7.26 Å². The summed E-state index contributed by atoms with van der Waals surface area (Å²) in [4.78, 5) is 0. The van der Waals surface area contributed by atoms with Crippen molar-refractivity contribution in [2.24, 2.45) is 0 Å². The van der Waals surface area contributed by atoms with Crippen LogP contribution in [0.4, 0.5) is 0 Å². The molecule has 0 aliphatic rings. The fourth-order valence-electron chi connectivity index (χ4n) is 6.95. The van der Waals surface area contributed by atoms with Crippen LogP contribution in [0.15, 0.2) is 0 Å². The van der Waals surface area contributed by atoms with Crippen molar-refractivity contribution in [3.05, 3.63) is 0 Å². The van der Waals surface area contributed by atoms with E-state index in [1.54, 1.807) is 43.9 Å². The maximum absolute atomic E-state index is 8.68. The zero-order valence-corrected chi connectivity index (χ0v) is 30.7. The molecule has 0 aromatic rings. The summed E-state index contributed by atoms with van der Waals surface area (Å²) >= 11 is 0. The molecule has 0 unspecified atom stereocenters. The van der Waals surface area contributed by atoms with Gasteiger partial charge in [0.05, 0.1) is 30.7 Å². The molecule has 0 amide bonds. The quantitative estimate of drug-likeness (QED) is 0.0514. The summed E-state index contributed by atoms with van der Waals surface area (Å²) in [6.45, 7) is 7.02. The van der Waals surface area contributed by atoms with Gasteiger partial charge in [-0.05, 0) is 57.8 Å². The van der Waals surface area contributed by atoms with Crippen molar-refractivity contribution < 1.29 is 0 Å². The molecule has 0 aromatic carbocycles. The monoisotopic (exact) mass is 607 g/mol. The lowest BCUT2D eigenvalue weighted by Crippen LogP contribution is -2.13. The summed E-state index contributed by atoms with van der Waals surface area (Å²) in [5.41, 5.74) is 0. The Kier molecular flexibility index (Phi) is 35.3. The van der Waals surface area contributed by atoms with E-state index in [9.17, 15) is 0 Å². The molecule has 0 heterocycles. The molecule has 0 atom stereocenters. The summed E-state index contributed by atoms with van der Waals surface area (Å²) in [5.74, 6) is 0. The van der Waals surface area contributed by atoms with Crippen LogP contribution in [0.25, 0.3) is 0 Å². The van der Waals surface area contributed by atoms with Gasteiger partial charge in [0, 0.05) is 13.7 Å². The predicted molar refractivity (Wildman–Crippen MR) is 197 cm³/mol. The predicted octanol–water partition coefficient (Wildman–Crippen LogP) is 15.1. The van der Waals surface area contributed by atoms with E-state index in [4.69, 9.17) is 5.26 Å². The first-order chi connectivity index (χ1) is 20.7. The van der Waals surface area contributed by atoms with Crippen LogP contribution >= 0.6 is 7.26 Å². The molecular weight excluding hydrogens is 525 g/mol. The second-order valence-corrected chi connectivity index (χ2v) is 18.5. The second-order valence-electron chi connectivity index (χ2n) is 14.0. The Bertz CT molecular complexity index is 493. The van der Waals surface area contributed by atoms with E-state index in [1.165, 1.54) is 173 Å². The molecule has 0 aromatic heterocycles. The minimum absolute atomic E-state index is 0.751. The molecule has 0 bridgehead atoms. The molecule has 0 spiro atoms. The highest BCUT2D eigenvalue weighted by Gasteiger charge is 2.35. The van der Waals surface area contributed by atoms with Gasteiger partial charge < -0.3 is 0 Å². The maximum atomic E-state index is 8.68. The van der Waals surface area contributed by atoms with Crippen LogP contribution in [0.2, 0.25) is 0 Å². The van der Waals surface area contributed by atoms with Crippen molar-refractivity contribution in [3.63, 3.8) is 0 Å². The molecule has 1 nitrogen and oxygen atoms in total. The van der Waals surface area contributed by atoms with E-state index in [1.807, 2.05) is 0 Å². The van der Waals surface area contributed by atoms with Crippen molar-refractivity contribution in [1.82, 2.24) is 0 Å². The normalized spacial score (nSPS) is 11.8. The lowest BCUT2D eigenvalue weighted by atomic mass is 10.1. The van der Waals surface area contributed by atoms with Crippen LogP contribution in [0.3, 0.4) is 0 Å². The Morgan fingerprint density at radius 3 is 0.762 bits per heavy atom. The summed E-state index contributed by atoms with van der Waals surface area (Å²) in [6, 6.07) is 2.28. The van der Waals surface area contributed by atoms with Crippen molar-refractivity contribution in [1.29, 1.82) is 5.26 Å². The van der Waals surface area contributed by atoms with E-state index in [0.29, 0.717) is 0 Å². The van der Waals surface area contributed by atoms with Gasteiger partial charge in [0.2, 0.25) is 0 Å². The molecule has 0 saturated heterocycles. The number of rotatable bonds is 36. The Balaban J connectivity index is 4.72. The van der Waals surface area contributed by atoms with Gasteiger partial charge in [-0.15, -0.1) is 0 Å². The summed E-state index contributed by atoms with van der Waals surface area (Å²) in [5, 5.41) is 8.68. The van der Waals surface area contributed by atoms with Crippen LogP contribution in [-0.2, 0) is 0 Å². The fraction of sp³-hybridized carbons (Fsp3) is 0.975. The van der Waals surface area contributed by atoms with Gasteiger partial charge in [-0.1, -0.05) is 162 Å². The van der Waals surface area contributed by atoms with Crippen LogP contribution < -0.4 is 0 Å². The lowest BCUT2D eigenvalue weighted by Gasteiger charge is -2.28. The number of hydrogen-bond donors (Lipinski definition) is 0. The highest BCUT2D eigenvalue weighted by Crippen LogP contribution is 2.61.